The van der Waals surface area contributed by atoms with Gasteiger partial charge in [-0.25, -0.2) is 0 Å². The van der Waals surface area contributed by atoms with Crippen molar-refractivity contribution in [3.8, 4) is 0 Å². The topological polar surface area (TPSA) is 87.5 Å². The summed E-state index contributed by atoms with van der Waals surface area (Å²) in [5.74, 6) is -0.893. The van der Waals surface area contributed by atoms with E-state index in [0.717, 1.165) is 5.56 Å². The number of rotatable bonds is 4. The number of halogens is 1. The van der Waals surface area contributed by atoms with Gasteiger partial charge in [0.25, 0.3) is 10.1 Å². The molecule has 2 N–H and O–H groups in total. The summed E-state index contributed by atoms with van der Waals surface area (Å²) >= 11 is 5.03. The number of nitrogens with zero attached hydrogens (tertiary/aromatic N) is 1. The zero-order valence-electron chi connectivity index (χ0n) is 9.03. The van der Waals surface area contributed by atoms with Crippen molar-refractivity contribution in [2.24, 2.45) is 0 Å². The predicted octanol–water partition coefficient (Wildman–Crippen LogP) is 0.550. The second-order valence-electron chi connectivity index (χ2n) is 3.04. The molecule has 0 bridgehead atoms. The third-order valence-electron chi connectivity index (χ3n) is 1.52. The van der Waals surface area contributed by atoms with Gasteiger partial charge >= 0.3 is 29.6 Å². The van der Waals surface area contributed by atoms with E-state index in [1.54, 1.807) is 18.5 Å². The molecule has 5 nitrogen and oxygen atoms in total. The van der Waals surface area contributed by atoms with Gasteiger partial charge in [-0.15, -0.1) is 11.6 Å². The molecule has 1 aromatic rings. The molecule has 0 aliphatic heterocycles. The maximum absolute atomic E-state index is 9.94. The van der Waals surface area contributed by atoms with Gasteiger partial charge in [-0.05, 0) is 17.7 Å². The van der Waals surface area contributed by atoms with Crippen molar-refractivity contribution in [1.82, 2.24) is 4.98 Å². The van der Waals surface area contributed by atoms with Gasteiger partial charge in [0.05, 0.1) is 6.10 Å². The van der Waals surface area contributed by atoms with E-state index in [1.807, 2.05) is 12.1 Å². The Hall–Kier alpha value is 0.0500. The molecular formula is C10H15ClNNaO4S. The number of alkyl halides is 1. The molecule has 0 saturated heterocycles. The van der Waals surface area contributed by atoms with Gasteiger partial charge in [-0.2, -0.15) is 8.42 Å². The van der Waals surface area contributed by atoms with E-state index in [4.69, 9.17) is 21.3 Å². The van der Waals surface area contributed by atoms with Gasteiger partial charge in [0.15, 0.2) is 0 Å². The van der Waals surface area contributed by atoms with Crippen LogP contribution in [0.25, 0.3) is 6.08 Å². The van der Waals surface area contributed by atoms with Crippen molar-refractivity contribution in [2.45, 2.75) is 6.10 Å². The molecule has 1 rings (SSSR count). The minimum absolute atomic E-state index is 0. The normalized spacial score (nSPS) is 11.5. The van der Waals surface area contributed by atoms with Crippen molar-refractivity contribution >= 4 is 57.4 Å². The minimum atomic E-state index is -4.07. The van der Waals surface area contributed by atoms with Crippen molar-refractivity contribution in [1.29, 1.82) is 0 Å². The zero-order valence-corrected chi connectivity index (χ0v) is 10.6. The molecule has 0 spiro atoms. The number of pyridine rings is 1. The van der Waals surface area contributed by atoms with E-state index in [2.05, 4.69) is 11.6 Å². The molecular weight excluding hydrogens is 289 g/mol. The third-order valence-corrected chi connectivity index (χ3v) is 2.69. The van der Waals surface area contributed by atoms with Crippen LogP contribution in [0.4, 0.5) is 0 Å². The Kier molecular flexibility index (Phi) is 12.4. The average Bonchev–Trinajstić information content (AvgIpc) is 2.28. The first-order valence-corrected chi connectivity index (χ1v) is 6.75. The average molecular weight is 304 g/mol. The van der Waals surface area contributed by atoms with Crippen molar-refractivity contribution in [3.63, 3.8) is 0 Å². The monoisotopic (exact) mass is 303 g/mol. The molecule has 1 atom stereocenters. The SMILES string of the molecule is C=Cc1ccncc1.O=S(=O)(O)C[C@@H](O)CCl.[NaH]. The molecule has 18 heavy (non-hydrogen) atoms. The molecule has 0 unspecified atom stereocenters. The number of aliphatic hydroxyl groups excluding tert-OH is 1. The van der Waals surface area contributed by atoms with E-state index < -0.39 is 22.0 Å². The molecule has 0 saturated carbocycles. The summed E-state index contributed by atoms with van der Waals surface area (Å²) in [5.41, 5.74) is 1.11. The third kappa shape index (κ3) is 12.5. The predicted molar refractivity (Wildman–Crippen MR) is 74.6 cm³/mol. The number of hydrogen-bond donors (Lipinski definition) is 2. The molecule has 0 aliphatic rings. The molecule has 1 heterocycles. The Morgan fingerprint density at radius 3 is 2.17 bits per heavy atom. The molecule has 0 aliphatic carbocycles. The Morgan fingerprint density at radius 2 is 1.94 bits per heavy atom. The van der Waals surface area contributed by atoms with E-state index in [1.165, 1.54) is 0 Å². The van der Waals surface area contributed by atoms with E-state index in [0.29, 0.717) is 0 Å². The fraction of sp³-hybridized carbons (Fsp3) is 0.300. The summed E-state index contributed by atoms with van der Waals surface area (Å²) in [7, 11) is -4.07. The molecule has 0 amide bonds. The van der Waals surface area contributed by atoms with Gasteiger partial charge in [-0.3, -0.25) is 9.54 Å². The van der Waals surface area contributed by atoms with Crippen molar-refractivity contribution < 1.29 is 18.1 Å². The van der Waals surface area contributed by atoms with Crippen LogP contribution in [0.5, 0.6) is 0 Å². The molecule has 98 valence electrons. The number of aliphatic hydroxyl groups is 1. The van der Waals surface area contributed by atoms with Crippen LogP contribution < -0.4 is 0 Å². The summed E-state index contributed by atoms with van der Waals surface area (Å²) < 4.78 is 27.9. The fourth-order valence-electron chi connectivity index (χ4n) is 0.787. The van der Waals surface area contributed by atoms with Crippen LogP contribution in [0.2, 0.25) is 0 Å². The van der Waals surface area contributed by atoms with E-state index >= 15 is 0 Å². The Morgan fingerprint density at radius 1 is 1.44 bits per heavy atom. The summed E-state index contributed by atoms with van der Waals surface area (Å²) in [5, 5.41) is 8.52. The van der Waals surface area contributed by atoms with Gasteiger partial charge in [0.1, 0.15) is 5.75 Å². The molecule has 0 radical (unpaired) electrons. The summed E-state index contributed by atoms with van der Waals surface area (Å²) in [6, 6.07) is 3.82. The van der Waals surface area contributed by atoms with Gasteiger partial charge < -0.3 is 5.11 Å². The first kappa shape index (κ1) is 20.4. The quantitative estimate of drug-likeness (QED) is 0.482. The van der Waals surface area contributed by atoms with Crippen LogP contribution in [0, 0.1) is 0 Å². The van der Waals surface area contributed by atoms with Crippen LogP contribution in [0.15, 0.2) is 31.1 Å². The molecule has 8 heteroatoms. The standard InChI is InChI=1S/C7H7N.C3H7ClO4S.Na.H/c1-2-7-3-5-8-6-4-7;4-1-3(5)2-9(6,7)8;;/h2-6H,1H2;3,5H,1-2H2,(H,6,7,8);;/t;3-;;/m.0../s1. The fourth-order valence-corrected chi connectivity index (χ4v) is 1.63. The van der Waals surface area contributed by atoms with Gasteiger partial charge in [-0.1, -0.05) is 12.7 Å². The zero-order chi connectivity index (χ0) is 13.3. The molecule has 0 fully saturated rings. The second-order valence-corrected chi connectivity index (χ2v) is 4.85. The number of aromatic nitrogens is 1. The van der Waals surface area contributed by atoms with Crippen LogP contribution in [0.3, 0.4) is 0 Å². The van der Waals surface area contributed by atoms with Crippen LogP contribution >= 0.6 is 11.6 Å². The number of hydrogen-bond acceptors (Lipinski definition) is 4. The summed E-state index contributed by atoms with van der Waals surface area (Å²) in [6.07, 6.45) is 4.11. The van der Waals surface area contributed by atoms with Crippen LogP contribution in [-0.2, 0) is 10.1 Å². The first-order chi connectivity index (χ1) is 7.89. The van der Waals surface area contributed by atoms with Crippen molar-refractivity contribution in [3.05, 3.63) is 36.7 Å². The van der Waals surface area contributed by atoms with E-state index in [9.17, 15) is 8.42 Å². The molecule has 0 aromatic carbocycles. The van der Waals surface area contributed by atoms with Crippen molar-refractivity contribution in [2.75, 3.05) is 11.6 Å². The Balaban J connectivity index is 0. The second kappa shape index (κ2) is 10.9. The Labute approximate surface area is 134 Å². The van der Waals surface area contributed by atoms with Gasteiger partial charge in [0, 0.05) is 18.3 Å². The maximum atomic E-state index is 9.94. The molecule has 1 aromatic heterocycles. The summed E-state index contributed by atoms with van der Waals surface area (Å²) in [4.78, 5) is 3.85. The van der Waals surface area contributed by atoms with E-state index in [-0.39, 0.29) is 35.4 Å². The van der Waals surface area contributed by atoms with Crippen LogP contribution in [-0.4, -0.2) is 70.4 Å². The summed E-state index contributed by atoms with van der Waals surface area (Å²) in [6.45, 7) is 3.60. The van der Waals surface area contributed by atoms with Gasteiger partial charge in [0.2, 0.25) is 0 Å². The first-order valence-electron chi connectivity index (χ1n) is 4.60. The van der Waals surface area contributed by atoms with Crippen LogP contribution in [0.1, 0.15) is 5.56 Å². The Bertz CT molecular complexity index is 427.